The van der Waals surface area contributed by atoms with Gasteiger partial charge in [0.25, 0.3) is 0 Å². The van der Waals surface area contributed by atoms with E-state index in [1.165, 1.54) is 6.42 Å². The largest absolute Gasteiger partial charge is 0.497 e. The minimum atomic E-state index is 0.00538. The molecule has 0 unspecified atom stereocenters. The van der Waals surface area contributed by atoms with E-state index in [2.05, 4.69) is 5.32 Å². The lowest BCUT2D eigenvalue weighted by Gasteiger charge is -2.21. The molecular weight excluding hydrogens is 386 g/mol. The zero-order chi connectivity index (χ0) is 21.6. The molecule has 3 aromatic rings. The van der Waals surface area contributed by atoms with Crippen LogP contribution in [0.2, 0.25) is 0 Å². The molecule has 160 valence electrons. The van der Waals surface area contributed by atoms with Crippen LogP contribution in [0.1, 0.15) is 53.6 Å². The summed E-state index contributed by atoms with van der Waals surface area (Å²) in [5, 5.41) is 5.17. The Bertz CT molecular complexity index is 1070. The van der Waals surface area contributed by atoms with Crippen LogP contribution < -0.4 is 10.1 Å². The Labute approximate surface area is 183 Å². The Kier molecular flexibility index (Phi) is 6.66. The lowest BCUT2D eigenvalue weighted by molar-refractivity contribution is -0.125. The van der Waals surface area contributed by atoms with Crippen molar-refractivity contribution >= 4 is 22.5 Å². The molecule has 1 N–H and O–H groups in total. The lowest BCUT2D eigenvalue weighted by Crippen LogP contribution is -2.33. The van der Waals surface area contributed by atoms with Crippen molar-refractivity contribution in [1.29, 1.82) is 0 Å². The van der Waals surface area contributed by atoms with Gasteiger partial charge in [0.15, 0.2) is 5.78 Å². The van der Waals surface area contributed by atoms with Crippen LogP contribution >= 0.6 is 0 Å². The minimum absolute atomic E-state index is 0.00538. The maximum atomic E-state index is 13.1. The number of amides is 1. The maximum Gasteiger partial charge on any atom is 0.223 e. The molecule has 0 heterocycles. The molecule has 1 aliphatic carbocycles. The second-order valence-electron chi connectivity index (χ2n) is 8.29. The van der Waals surface area contributed by atoms with Crippen molar-refractivity contribution in [2.75, 3.05) is 13.7 Å². The third-order valence-corrected chi connectivity index (χ3v) is 6.21. The number of ketones is 1. The van der Waals surface area contributed by atoms with Crippen LogP contribution in [0.15, 0.2) is 60.7 Å². The van der Waals surface area contributed by atoms with Gasteiger partial charge in [0, 0.05) is 23.6 Å². The molecule has 4 rings (SSSR count). The number of carbonyl (C=O) groups is 2. The first-order valence-corrected chi connectivity index (χ1v) is 11.1. The summed E-state index contributed by atoms with van der Waals surface area (Å²) < 4.78 is 5.41. The Morgan fingerprint density at radius 3 is 2.45 bits per heavy atom. The van der Waals surface area contributed by atoms with E-state index in [0.717, 1.165) is 47.8 Å². The van der Waals surface area contributed by atoms with Gasteiger partial charge in [-0.15, -0.1) is 0 Å². The molecule has 0 saturated heterocycles. The van der Waals surface area contributed by atoms with Crippen molar-refractivity contribution in [3.05, 3.63) is 77.4 Å². The average Bonchev–Trinajstić information content (AvgIpc) is 2.84. The van der Waals surface area contributed by atoms with Crippen LogP contribution in [0.4, 0.5) is 0 Å². The highest BCUT2D eigenvalue weighted by molar-refractivity contribution is 6.11. The van der Waals surface area contributed by atoms with Gasteiger partial charge in [-0.3, -0.25) is 9.59 Å². The fourth-order valence-corrected chi connectivity index (χ4v) is 4.46. The molecule has 31 heavy (non-hydrogen) atoms. The summed E-state index contributed by atoms with van der Waals surface area (Å²) in [7, 11) is 1.65. The summed E-state index contributed by atoms with van der Waals surface area (Å²) in [6.07, 6.45) is 6.18. The molecule has 0 spiro atoms. The van der Waals surface area contributed by atoms with Gasteiger partial charge >= 0.3 is 0 Å². The van der Waals surface area contributed by atoms with E-state index in [9.17, 15) is 9.59 Å². The van der Waals surface area contributed by atoms with Crippen molar-refractivity contribution in [3.8, 4) is 5.75 Å². The number of hydrogen-bond donors (Lipinski definition) is 1. The molecule has 3 aromatic carbocycles. The van der Waals surface area contributed by atoms with E-state index < -0.39 is 0 Å². The van der Waals surface area contributed by atoms with Gasteiger partial charge < -0.3 is 10.1 Å². The number of carbonyl (C=O) groups excluding carboxylic acids is 2. The molecule has 0 atom stereocenters. The predicted octanol–water partition coefficient (Wildman–Crippen LogP) is 5.32. The highest BCUT2D eigenvalue weighted by atomic mass is 16.5. The van der Waals surface area contributed by atoms with Crippen LogP contribution in [-0.2, 0) is 11.2 Å². The Hall–Kier alpha value is -3.14. The van der Waals surface area contributed by atoms with Crippen LogP contribution in [0.3, 0.4) is 0 Å². The molecule has 1 saturated carbocycles. The Morgan fingerprint density at radius 1 is 0.935 bits per heavy atom. The summed E-state index contributed by atoms with van der Waals surface area (Å²) >= 11 is 0. The van der Waals surface area contributed by atoms with Gasteiger partial charge in [-0.05, 0) is 59.9 Å². The molecule has 1 aliphatic rings. The van der Waals surface area contributed by atoms with Crippen LogP contribution in [0.5, 0.6) is 5.75 Å². The number of nitrogens with one attached hydrogen (secondary N) is 1. The number of methoxy groups -OCH3 is 1. The van der Waals surface area contributed by atoms with Gasteiger partial charge in [0.1, 0.15) is 5.75 Å². The topological polar surface area (TPSA) is 55.4 Å². The molecular formula is C27H29NO3. The predicted molar refractivity (Wildman–Crippen MR) is 124 cm³/mol. The first kappa shape index (κ1) is 21.1. The number of ether oxygens (including phenoxy) is 1. The summed E-state index contributed by atoms with van der Waals surface area (Å²) in [5.41, 5.74) is 2.38. The average molecular weight is 416 g/mol. The van der Waals surface area contributed by atoms with Crippen molar-refractivity contribution in [3.63, 3.8) is 0 Å². The summed E-state index contributed by atoms with van der Waals surface area (Å²) in [6, 6.07) is 19.1. The van der Waals surface area contributed by atoms with Crippen molar-refractivity contribution < 1.29 is 14.3 Å². The number of fused-ring (bicyclic) bond motifs is 1. The van der Waals surface area contributed by atoms with Crippen molar-refractivity contribution in [1.82, 2.24) is 5.32 Å². The van der Waals surface area contributed by atoms with Crippen molar-refractivity contribution in [2.45, 2.75) is 38.5 Å². The molecule has 1 fully saturated rings. The molecule has 0 aliphatic heterocycles. The van der Waals surface area contributed by atoms with Crippen LogP contribution in [0.25, 0.3) is 10.8 Å². The highest BCUT2D eigenvalue weighted by Crippen LogP contribution is 2.28. The third-order valence-electron chi connectivity index (χ3n) is 6.21. The van der Waals surface area contributed by atoms with Crippen molar-refractivity contribution in [2.24, 2.45) is 5.92 Å². The van der Waals surface area contributed by atoms with E-state index in [1.54, 1.807) is 7.11 Å². The fraction of sp³-hybridized carbons (Fsp3) is 0.333. The van der Waals surface area contributed by atoms with Gasteiger partial charge in [0.2, 0.25) is 5.91 Å². The maximum absolute atomic E-state index is 13.1. The lowest BCUT2D eigenvalue weighted by atomic mass is 9.88. The molecule has 4 nitrogen and oxygen atoms in total. The van der Waals surface area contributed by atoms with Gasteiger partial charge in [-0.2, -0.15) is 0 Å². The third kappa shape index (κ3) is 4.96. The zero-order valence-electron chi connectivity index (χ0n) is 18.0. The van der Waals surface area contributed by atoms with E-state index in [-0.39, 0.29) is 17.6 Å². The summed E-state index contributed by atoms with van der Waals surface area (Å²) in [4.78, 5) is 25.6. The second kappa shape index (κ2) is 9.78. The van der Waals surface area contributed by atoms with Crippen LogP contribution in [-0.4, -0.2) is 25.3 Å². The quantitative estimate of drug-likeness (QED) is 0.532. The SMILES string of the molecule is COc1ccc2cc(C(=O)c3ccccc3)cc(CCNC(=O)C3CCCCC3)c2c1. The first-order valence-electron chi connectivity index (χ1n) is 11.1. The number of rotatable bonds is 7. The second-order valence-corrected chi connectivity index (χ2v) is 8.29. The first-order chi connectivity index (χ1) is 15.2. The Balaban J connectivity index is 1.58. The van der Waals surface area contributed by atoms with Gasteiger partial charge in [-0.1, -0.05) is 55.7 Å². The van der Waals surface area contributed by atoms with Crippen LogP contribution in [0, 0.1) is 5.92 Å². The molecule has 1 amide bonds. The highest BCUT2D eigenvalue weighted by Gasteiger charge is 2.20. The van der Waals surface area contributed by atoms with E-state index >= 15 is 0 Å². The molecule has 0 radical (unpaired) electrons. The fourth-order valence-electron chi connectivity index (χ4n) is 4.46. The summed E-state index contributed by atoms with van der Waals surface area (Å²) in [5.74, 6) is 1.10. The molecule has 0 aromatic heterocycles. The standard InChI is InChI=1S/C27H29NO3/c1-31-24-13-12-21-16-23(26(29)19-8-4-2-5-9-19)17-22(25(21)18-24)14-15-28-27(30)20-10-6-3-7-11-20/h2,4-5,8-9,12-13,16-18,20H,3,6-7,10-11,14-15H2,1H3,(H,28,30). The van der Waals surface area contributed by atoms with E-state index in [4.69, 9.17) is 4.74 Å². The summed E-state index contributed by atoms with van der Waals surface area (Å²) in [6.45, 7) is 0.560. The number of hydrogen-bond acceptors (Lipinski definition) is 3. The van der Waals surface area contributed by atoms with Gasteiger partial charge in [0.05, 0.1) is 7.11 Å². The van der Waals surface area contributed by atoms with E-state index in [0.29, 0.717) is 24.1 Å². The molecule has 4 heteroatoms. The van der Waals surface area contributed by atoms with E-state index in [1.807, 2.05) is 60.7 Å². The minimum Gasteiger partial charge on any atom is -0.497 e. The Morgan fingerprint density at radius 2 is 1.71 bits per heavy atom. The monoisotopic (exact) mass is 415 g/mol. The normalized spacial score (nSPS) is 14.4. The van der Waals surface area contributed by atoms with Gasteiger partial charge in [-0.25, -0.2) is 0 Å². The molecule has 0 bridgehead atoms. The smallest absolute Gasteiger partial charge is 0.223 e. The number of benzene rings is 3. The zero-order valence-corrected chi connectivity index (χ0v) is 18.0.